The Morgan fingerprint density at radius 2 is 2.00 bits per heavy atom. The molecule has 2 aromatic carbocycles. The summed E-state index contributed by atoms with van der Waals surface area (Å²) in [7, 11) is -3.04. The van der Waals surface area contributed by atoms with E-state index in [4.69, 9.17) is 0 Å². The molecule has 0 unspecified atom stereocenters. The zero-order valence-corrected chi connectivity index (χ0v) is 16.0. The number of phenolic OH excluding ortho intramolecular Hbond substituents is 1. The fourth-order valence-corrected chi connectivity index (χ4v) is 4.25. The topological polar surface area (TPSA) is 92.7 Å². The van der Waals surface area contributed by atoms with Gasteiger partial charge in [0.1, 0.15) is 16.5 Å². The van der Waals surface area contributed by atoms with Gasteiger partial charge in [-0.1, -0.05) is 15.9 Å². The minimum Gasteiger partial charge on any atom is -0.507 e. The van der Waals surface area contributed by atoms with Gasteiger partial charge >= 0.3 is 5.97 Å². The number of phenols is 1. The van der Waals surface area contributed by atoms with Gasteiger partial charge in [0, 0.05) is 4.47 Å². The molecule has 1 saturated carbocycles. The van der Waals surface area contributed by atoms with Crippen molar-refractivity contribution >= 4 is 37.6 Å². The Morgan fingerprint density at radius 3 is 2.62 bits per heavy atom. The highest BCUT2D eigenvalue weighted by Gasteiger charge is 2.31. The summed E-state index contributed by atoms with van der Waals surface area (Å²) in [5.74, 6) is -2.08. The van der Waals surface area contributed by atoms with Crippen molar-refractivity contribution in [1.29, 1.82) is 0 Å². The maximum absolute atomic E-state index is 14.5. The molecule has 6 nitrogen and oxygen atoms in total. The van der Waals surface area contributed by atoms with Crippen LogP contribution in [0.2, 0.25) is 0 Å². The third kappa shape index (κ3) is 3.68. The van der Waals surface area contributed by atoms with Gasteiger partial charge in [-0.3, -0.25) is 4.72 Å². The maximum atomic E-state index is 14.5. The maximum Gasteiger partial charge on any atom is 0.340 e. The summed E-state index contributed by atoms with van der Waals surface area (Å²) in [5, 5.41) is 9.85. The van der Waals surface area contributed by atoms with Gasteiger partial charge in [0.2, 0.25) is 0 Å². The Bertz CT molecular complexity index is 989. The summed E-state index contributed by atoms with van der Waals surface area (Å²) in [6.45, 7) is 0. The number of ether oxygens (including phenoxy) is 1. The van der Waals surface area contributed by atoms with Crippen LogP contribution in [0.5, 0.6) is 5.75 Å². The van der Waals surface area contributed by atoms with E-state index >= 15 is 0 Å². The molecular formula is C17H15BrFNO5S. The van der Waals surface area contributed by atoms with Gasteiger partial charge in [0.15, 0.2) is 0 Å². The van der Waals surface area contributed by atoms with Gasteiger partial charge in [0.05, 0.1) is 18.4 Å². The Kier molecular flexibility index (Phi) is 4.94. The predicted molar refractivity (Wildman–Crippen MR) is 96.3 cm³/mol. The van der Waals surface area contributed by atoms with Gasteiger partial charge < -0.3 is 9.84 Å². The van der Waals surface area contributed by atoms with E-state index in [1.165, 1.54) is 24.3 Å². The lowest BCUT2D eigenvalue weighted by Crippen LogP contribution is -2.15. The lowest BCUT2D eigenvalue weighted by molar-refractivity contribution is 0.0595. The number of benzene rings is 2. The summed E-state index contributed by atoms with van der Waals surface area (Å²) in [6.07, 6.45) is 1.53. The number of esters is 1. The van der Waals surface area contributed by atoms with E-state index in [1.807, 2.05) is 0 Å². The average molecular weight is 444 g/mol. The number of hydrogen-bond acceptors (Lipinski definition) is 5. The van der Waals surface area contributed by atoms with E-state index in [9.17, 15) is 22.7 Å². The van der Waals surface area contributed by atoms with Gasteiger partial charge in [0.25, 0.3) is 10.0 Å². The van der Waals surface area contributed by atoms with Crippen LogP contribution in [0.1, 0.15) is 34.7 Å². The molecule has 0 radical (unpaired) electrons. The SMILES string of the molecule is COC(=O)c1cc(NS(=O)(=O)c2cc(Br)ccc2O)cc(C2CC2)c1F. The second-order valence-corrected chi connectivity index (χ2v) is 8.48. The van der Waals surface area contributed by atoms with Crippen LogP contribution in [-0.4, -0.2) is 26.6 Å². The molecule has 138 valence electrons. The molecule has 0 atom stereocenters. The molecule has 0 saturated heterocycles. The fourth-order valence-electron chi connectivity index (χ4n) is 2.57. The first-order chi connectivity index (χ1) is 12.2. The summed E-state index contributed by atoms with van der Waals surface area (Å²) in [4.78, 5) is 11.5. The number of anilines is 1. The van der Waals surface area contributed by atoms with Gasteiger partial charge in [-0.15, -0.1) is 0 Å². The van der Waals surface area contributed by atoms with Crippen molar-refractivity contribution in [2.24, 2.45) is 0 Å². The van der Waals surface area contributed by atoms with Crippen LogP contribution in [0, 0.1) is 5.82 Å². The number of hydrogen-bond donors (Lipinski definition) is 2. The zero-order chi connectivity index (χ0) is 19.1. The molecule has 0 aliphatic heterocycles. The molecular weight excluding hydrogens is 429 g/mol. The summed E-state index contributed by atoms with van der Waals surface area (Å²) in [5.41, 5.74) is -0.0507. The van der Waals surface area contributed by atoms with Gasteiger partial charge in [-0.05, 0) is 54.7 Å². The molecule has 3 rings (SSSR count). The van der Waals surface area contributed by atoms with E-state index < -0.39 is 27.6 Å². The standard InChI is InChI=1S/C17H15BrFNO5S/c1-25-17(22)13-8-11(7-12(16(13)19)9-2-3-9)20-26(23,24)15-6-10(18)4-5-14(15)21/h4-9,20-21H,2-3H2,1H3. The highest BCUT2D eigenvalue weighted by molar-refractivity contribution is 9.10. The summed E-state index contributed by atoms with van der Waals surface area (Å²) >= 11 is 3.15. The van der Waals surface area contributed by atoms with Crippen molar-refractivity contribution in [1.82, 2.24) is 0 Å². The smallest absolute Gasteiger partial charge is 0.340 e. The molecule has 2 aromatic rings. The Balaban J connectivity index is 2.05. The average Bonchev–Trinajstić information content (AvgIpc) is 3.42. The fraction of sp³-hybridized carbons (Fsp3) is 0.235. The number of rotatable bonds is 5. The van der Waals surface area contributed by atoms with E-state index in [0.29, 0.717) is 4.47 Å². The van der Waals surface area contributed by atoms with Crippen molar-refractivity contribution in [3.63, 3.8) is 0 Å². The van der Waals surface area contributed by atoms with Gasteiger partial charge in [-0.25, -0.2) is 17.6 Å². The van der Waals surface area contributed by atoms with Crippen molar-refractivity contribution in [3.05, 3.63) is 51.7 Å². The second kappa shape index (κ2) is 6.88. The number of aromatic hydroxyl groups is 1. The third-order valence-electron chi connectivity index (χ3n) is 3.99. The van der Waals surface area contributed by atoms with Crippen LogP contribution in [0.3, 0.4) is 0 Å². The zero-order valence-electron chi connectivity index (χ0n) is 13.6. The van der Waals surface area contributed by atoms with Crippen LogP contribution >= 0.6 is 15.9 Å². The molecule has 2 N–H and O–H groups in total. The van der Waals surface area contributed by atoms with E-state index in [2.05, 4.69) is 25.4 Å². The minimum atomic E-state index is -4.16. The molecule has 1 aliphatic carbocycles. The number of halogens is 2. The lowest BCUT2D eigenvalue weighted by atomic mass is 10.0. The van der Waals surface area contributed by atoms with Crippen molar-refractivity contribution < 1.29 is 27.4 Å². The molecule has 0 bridgehead atoms. The highest BCUT2D eigenvalue weighted by Crippen LogP contribution is 2.43. The minimum absolute atomic E-state index is 0.0214. The number of nitrogens with one attached hydrogen (secondary N) is 1. The molecule has 0 amide bonds. The predicted octanol–water partition coefficient (Wildman–Crippen LogP) is 3.76. The molecule has 0 aromatic heterocycles. The first-order valence-electron chi connectivity index (χ1n) is 7.66. The van der Waals surface area contributed by atoms with Crippen molar-refractivity contribution in [2.45, 2.75) is 23.7 Å². The van der Waals surface area contributed by atoms with Crippen LogP contribution in [0.4, 0.5) is 10.1 Å². The number of carbonyl (C=O) groups excluding carboxylic acids is 1. The first-order valence-corrected chi connectivity index (χ1v) is 9.93. The molecule has 9 heteroatoms. The van der Waals surface area contributed by atoms with Crippen LogP contribution < -0.4 is 4.72 Å². The van der Waals surface area contributed by atoms with Crippen molar-refractivity contribution in [3.8, 4) is 5.75 Å². The third-order valence-corrected chi connectivity index (χ3v) is 5.89. The molecule has 26 heavy (non-hydrogen) atoms. The molecule has 1 aliphatic rings. The Labute approximate surface area is 158 Å². The normalized spacial score (nSPS) is 14.1. The number of sulfonamides is 1. The van der Waals surface area contributed by atoms with Crippen LogP contribution in [0.25, 0.3) is 0 Å². The molecule has 0 spiro atoms. The van der Waals surface area contributed by atoms with Crippen LogP contribution in [0.15, 0.2) is 39.7 Å². The first kappa shape index (κ1) is 18.7. The Hall–Kier alpha value is -2.13. The van der Waals surface area contributed by atoms with E-state index in [1.54, 1.807) is 0 Å². The van der Waals surface area contributed by atoms with Crippen molar-refractivity contribution in [2.75, 3.05) is 11.8 Å². The lowest BCUT2D eigenvalue weighted by Gasteiger charge is -2.13. The number of methoxy groups -OCH3 is 1. The molecule has 0 heterocycles. The van der Waals surface area contributed by atoms with E-state index in [-0.39, 0.29) is 27.6 Å². The largest absolute Gasteiger partial charge is 0.507 e. The quantitative estimate of drug-likeness (QED) is 0.686. The molecule has 1 fully saturated rings. The Morgan fingerprint density at radius 1 is 1.31 bits per heavy atom. The highest BCUT2D eigenvalue weighted by atomic mass is 79.9. The van der Waals surface area contributed by atoms with Gasteiger partial charge in [-0.2, -0.15) is 0 Å². The number of carbonyl (C=O) groups is 1. The second-order valence-electron chi connectivity index (χ2n) is 5.91. The summed E-state index contributed by atoms with van der Waals surface area (Å²) in [6, 6.07) is 6.42. The van der Waals surface area contributed by atoms with E-state index in [0.717, 1.165) is 26.0 Å². The monoisotopic (exact) mass is 443 g/mol. The van der Waals surface area contributed by atoms with Crippen LogP contribution in [-0.2, 0) is 14.8 Å². The summed E-state index contributed by atoms with van der Waals surface area (Å²) < 4.78 is 47.1.